The minimum atomic E-state index is 0.991. The number of para-hydroxylation sites is 3. The lowest BCUT2D eigenvalue weighted by atomic mass is 10.1. The maximum absolute atomic E-state index is 5.14. The summed E-state index contributed by atoms with van der Waals surface area (Å²) in [4.78, 5) is 5.14. The highest BCUT2D eigenvalue weighted by atomic mass is 32.1. The van der Waals surface area contributed by atoms with E-state index in [9.17, 15) is 0 Å². The first kappa shape index (κ1) is 21.1. The molecule has 39 heavy (non-hydrogen) atoms. The molecule has 0 aliphatic heterocycles. The molecule has 3 aromatic heterocycles. The molecule has 182 valence electrons. The number of thiazole rings is 1. The van der Waals surface area contributed by atoms with E-state index < -0.39 is 0 Å². The quantitative estimate of drug-likeness (QED) is 0.225. The van der Waals surface area contributed by atoms with E-state index in [0.29, 0.717) is 0 Å². The molecule has 9 aromatic rings. The average molecular weight is 516 g/mol. The van der Waals surface area contributed by atoms with Crippen LogP contribution in [0.3, 0.4) is 0 Å². The standard InChI is InChI=1S/C35H21N3S/c1-2-12-24(13-3-1)37-31-21-23-11-5-4-10-22(23)20-28(31)27-19-18-26-25-14-6-8-16-30(25)38(34(26)33(27)37)35-36-29-15-7-9-17-32(29)39-35/h1-21H. The van der Waals surface area contributed by atoms with Gasteiger partial charge in [-0.15, -0.1) is 0 Å². The third-order valence-corrected chi connectivity index (χ3v) is 8.94. The summed E-state index contributed by atoms with van der Waals surface area (Å²) < 4.78 is 6.03. The summed E-state index contributed by atoms with van der Waals surface area (Å²) in [5.41, 5.74) is 6.97. The van der Waals surface area contributed by atoms with Crippen molar-refractivity contribution in [1.82, 2.24) is 14.1 Å². The maximum Gasteiger partial charge on any atom is 0.195 e. The van der Waals surface area contributed by atoms with E-state index in [1.165, 1.54) is 59.1 Å². The first-order valence-electron chi connectivity index (χ1n) is 13.2. The van der Waals surface area contributed by atoms with Crippen molar-refractivity contribution in [3.05, 3.63) is 127 Å². The molecule has 0 aliphatic rings. The largest absolute Gasteiger partial charge is 0.307 e. The van der Waals surface area contributed by atoms with Gasteiger partial charge in [0.15, 0.2) is 5.13 Å². The Morgan fingerprint density at radius 2 is 1.15 bits per heavy atom. The van der Waals surface area contributed by atoms with Gasteiger partial charge in [0.2, 0.25) is 0 Å². The summed E-state index contributed by atoms with van der Waals surface area (Å²) >= 11 is 1.75. The van der Waals surface area contributed by atoms with Gasteiger partial charge < -0.3 is 4.57 Å². The zero-order valence-electron chi connectivity index (χ0n) is 20.9. The number of hydrogen-bond acceptors (Lipinski definition) is 2. The fraction of sp³-hybridized carbons (Fsp3) is 0. The molecular formula is C35H21N3S. The molecule has 0 spiro atoms. The van der Waals surface area contributed by atoms with Gasteiger partial charge in [-0.3, -0.25) is 4.57 Å². The second kappa shape index (κ2) is 7.79. The highest BCUT2D eigenvalue weighted by Crippen LogP contribution is 2.43. The second-order valence-electron chi connectivity index (χ2n) is 10.1. The Balaban J connectivity index is 1.56. The van der Waals surface area contributed by atoms with Crippen molar-refractivity contribution in [3.8, 4) is 10.8 Å². The van der Waals surface area contributed by atoms with Gasteiger partial charge in [0.25, 0.3) is 0 Å². The molecule has 3 heterocycles. The molecule has 0 N–H and O–H groups in total. The van der Waals surface area contributed by atoms with E-state index in [0.717, 1.165) is 16.3 Å². The Morgan fingerprint density at radius 1 is 0.487 bits per heavy atom. The van der Waals surface area contributed by atoms with E-state index in [2.05, 4.69) is 137 Å². The lowest BCUT2D eigenvalue weighted by Gasteiger charge is -2.11. The van der Waals surface area contributed by atoms with Crippen LogP contribution in [0, 0.1) is 0 Å². The van der Waals surface area contributed by atoms with Crippen molar-refractivity contribution in [2.75, 3.05) is 0 Å². The number of fused-ring (bicyclic) bond motifs is 9. The topological polar surface area (TPSA) is 22.8 Å². The summed E-state index contributed by atoms with van der Waals surface area (Å²) in [7, 11) is 0. The van der Waals surface area contributed by atoms with Gasteiger partial charge in [-0.1, -0.05) is 96.3 Å². The molecule has 4 heteroatoms. The zero-order chi connectivity index (χ0) is 25.5. The average Bonchev–Trinajstić information content (AvgIpc) is 3.66. The Hall–Kier alpha value is -4.93. The van der Waals surface area contributed by atoms with Crippen LogP contribution in [0.2, 0.25) is 0 Å². The molecule has 0 unspecified atom stereocenters. The van der Waals surface area contributed by atoms with Gasteiger partial charge in [0.05, 0.1) is 32.3 Å². The van der Waals surface area contributed by atoms with E-state index in [-0.39, 0.29) is 0 Å². The van der Waals surface area contributed by atoms with Crippen LogP contribution in [-0.4, -0.2) is 14.1 Å². The molecule has 0 amide bonds. The lowest BCUT2D eigenvalue weighted by Crippen LogP contribution is -1.98. The molecule has 6 aromatic carbocycles. The van der Waals surface area contributed by atoms with Crippen LogP contribution in [0.25, 0.3) is 75.4 Å². The van der Waals surface area contributed by atoms with Crippen LogP contribution in [-0.2, 0) is 0 Å². The predicted octanol–water partition coefficient (Wildman–Crippen LogP) is 9.64. The molecule has 0 aliphatic carbocycles. The Bertz CT molecular complexity index is 2360. The van der Waals surface area contributed by atoms with E-state index >= 15 is 0 Å². The maximum atomic E-state index is 5.14. The third kappa shape index (κ3) is 2.89. The normalized spacial score (nSPS) is 12.1. The van der Waals surface area contributed by atoms with Crippen molar-refractivity contribution in [1.29, 1.82) is 0 Å². The first-order chi connectivity index (χ1) is 19.3. The number of hydrogen-bond donors (Lipinski definition) is 0. The Morgan fingerprint density at radius 3 is 2.00 bits per heavy atom. The summed E-state index contributed by atoms with van der Waals surface area (Å²) in [6.45, 7) is 0. The van der Waals surface area contributed by atoms with Gasteiger partial charge in [0, 0.05) is 27.2 Å². The van der Waals surface area contributed by atoms with Crippen molar-refractivity contribution >= 4 is 75.9 Å². The van der Waals surface area contributed by atoms with Gasteiger partial charge >= 0.3 is 0 Å². The fourth-order valence-corrected chi connectivity index (χ4v) is 7.22. The van der Waals surface area contributed by atoms with Crippen LogP contribution < -0.4 is 0 Å². The summed E-state index contributed by atoms with van der Waals surface area (Å²) in [6.07, 6.45) is 0. The first-order valence-corrected chi connectivity index (χ1v) is 14.0. The molecule has 3 nitrogen and oxygen atoms in total. The fourth-order valence-electron chi connectivity index (χ4n) is 6.23. The van der Waals surface area contributed by atoms with Gasteiger partial charge in [-0.05, 0) is 53.2 Å². The molecule has 0 fully saturated rings. The highest BCUT2D eigenvalue weighted by Gasteiger charge is 2.22. The lowest BCUT2D eigenvalue weighted by molar-refractivity contribution is 1.13. The molecule has 0 saturated heterocycles. The molecule has 0 bridgehead atoms. The van der Waals surface area contributed by atoms with Crippen LogP contribution >= 0.6 is 11.3 Å². The van der Waals surface area contributed by atoms with Crippen LogP contribution in [0.15, 0.2) is 127 Å². The SMILES string of the molecule is c1ccc(-n2c3cc4ccccc4cc3c3ccc4c5ccccc5n(-c5nc6ccccc6s5)c4c32)cc1. The molecule has 9 rings (SSSR count). The minimum absolute atomic E-state index is 0.991. The molecule has 0 atom stereocenters. The van der Waals surface area contributed by atoms with E-state index in [1.54, 1.807) is 11.3 Å². The Kier molecular flexibility index (Phi) is 4.21. The van der Waals surface area contributed by atoms with E-state index in [4.69, 9.17) is 4.98 Å². The van der Waals surface area contributed by atoms with Crippen molar-refractivity contribution < 1.29 is 0 Å². The van der Waals surface area contributed by atoms with E-state index in [1.807, 2.05) is 0 Å². The highest BCUT2D eigenvalue weighted by molar-refractivity contribution is 7.20. The monoisotopic (exact) mass is 515 g/mol. The number of benzene rings is 6. The van der Waals surface area contributed by atoms with Gasteiger partial charge in [0.1, 0.15) is 0 Å². The smallest absolute Gasteiger partial charge is 0.195 e. The van der Waals surface area contributed by atoms with Crippen LogP contribution in [0.1, 0.15) is 0 Å². The zero-order valence-corrected chi connectivity index (χ0v) is 21.7. The summed E-state index contributed by atoms with van der Waals surface area (Å²) in [5.74, 6) is 0. The summed E-state index contributed by atoms with van der Waals surface area (Å²) in [5, 5.41) is 8.47. The van der Waals surface area contributed by atoms with Gasteiger partial charge in [-0.25, -0.2) is 4.98 Å². The van der Waals surface area contributed by atoms with Crippen LogP contribution in [0.4, 0.5) is 0 Å². The van der Waals surface area contributed by atoms with Crippen molar-refractivity contribution in [2.45, 2.75) is 0 Å². The number of rotatable bonds is 2. The molecular weight excluding hydrogens is 494 g/mol. The Labute approximate surface area is 227 Å². The van der Waals surface area contributed by atoms with Crippen molar-refractivity contribution in [3.63, 3.8) is 0 Å². The summed E-state index contributed by atoms with van der Waals surface area (Å²) in [6, 6.07) is 45.8. The van der Waals surface area contributed by atoms with Crippen molar-refractivity contribution in [2.24, 2.45) is 0 Å². The minimum Gasteiger partial charge on any atom is -0.307 e. The van der Waals surface area contributed by atoms with Crippen LogP contribution in [0.5, 0.6) is 0 Å². The molecule has 0 radical (unpaired) electrons. The third-order valence-electron chi connectivity index (χ3n) is 7.92. The molecule has 0 saturated carbocycles. The number of aromatic nitrogens is 3. The predicted molar refractivity (Wildman–Crippen MR) is 166 cm³/mol. The number of nitrogens with zero attached hydrogens (tertiary/aromatic N) is 3. The van der Waals surface area contributed by atoms with Gasteiger partial charge in [-0.2, -0.15) is 0 Å². The second-order valence-corrected chi connectivity index (χ2v) is 11.1.